The normalized spacial score (nSPS) is 11.9. The van der Waals surface area contributed by atoms with Crippen molar-refractivity contribution in [3.05, 3.63) is 47.8 Å². The van der Waals surface area contributed by atoms with Gasteiger partial charge in [0, 0.05) is 17.8 Å². The molecule has 0 bridgehead atoms. The van der Waals surface area contributed by atoms with E-state index in [4.69, 9.17) is 5.11 Å². The highest BCUT2D eigenvalue weighted by Crippen LogP contribution is 2.10. The number of nitrogens with one attached hydrogen (secondary N) is 1. The summed E-state index contributed by atoms with van der Waals surface area (Å²) >= 11 is 0. The number of carboxylic acid groups (broad SMARTS) is 1. The van der Waals surface area contributed by atoms with E-state index in [0.717, 1.165) is 11.3 Å². The minimum absolute atomic E-state index is 0.101. The SMILES string of the molecule is Cc1cnn(-c2ccc(C(=O)NC(C)CC(=O)O)cc2)c1. The largest absolute Gasteiger partial charge is 0.481 e. The van der Waals surface area contributed by atoms with Gasteiger partial charge in [-0.2, -0.15) is 5.10 Å². The van der Waals surface area contributed by atoms with Gasteiger partial charge in [0.25, 0.3) is 5.91 Å². The van der Waals surface area contributed by atoms with Crippen molar-refractivity contribution < 1.29 is 14.7 Å². The lowest BCUT2D eigenvalue weighted by Gasteiger charge is -2.11. The first-order valence-electron chi connectivity index (χ1n) is 6.60. The van der Waals surface area contributed by atoms with E-state index < -0.39 is 12.0 Å². The van der Waals surface area contributed by atoms with Crippen LogP contribution in [0.1, 0.15) is 29.3 Å². The van der Waals surface area contributed by atoms with Crippen LogP contribution in [0, 0.1) is 6.92 Å². The van der Waals surface area contributed by atoms with Gasteiger partial charge in [0.15, 0.2) is 0 Å². The highest BCUT2D eigenvalue weighted by molar-refractivity contribution is 5.94. The Kier molecular flexibility index (Phi) is 4.37. The van der Waals surface area contributed by atoms with E-state index in [-0.39, 0.29) is 12.3 Å². The monoisotopic (exact) mass is 287 g/mol. The molecular weight excluding hydrogens is 270 g/mol. The molecule has 0 fully saturated rings. The number of rotatable bonds is 5. The molecule has 0 saturated heterocycles. The number of benzene rings is 1. The second kappa shape index (κ2) is 6.21. The third-order valence-electron chi connectivity index (χ3n) is 2.96. The number of aliphatic carboxylic acids is 1. The molecule has 6 nitrogen and oxygen atoms in total. The van der Waals surface area contributed by atoms with Gasteiger partial charge in [-0.15, -0.1) is 0 Å². The summed E-state index contributed by atoms with van der Waals surface area (Å²) in [6.45, 7) is 3.61. The molecule has 2 N–H and O–H groups in total. The van der Waals surface area contributed by atoms with Gasteiger partial charge in [0.05, 0.1) is 18.3 Å². The number of carbonyl (C=O) groups excluding carboxylic acids is 1. The maximum atomic E-state index is 12.0. The van der Waals surface area contributed by atoms with Crippen LogP contribution in [0.3, 0.4) is 0 Å². The summed E-state index contributed by atoms with van der Waals surface area (Å²) < 4.78 is 1.73. The summed E-state index contributed by atoms with van der Waals surface area (Å²) in [7, 11) is 0. The summed E-state index contributed by atoms with van der Waals surface area (Å²) in [5.41, 5.74) is 2.40. The molecule has 0 spiro atoms. The second-order valence-corrected chi connectivity index (χ2v) is 4.98. The first-order valence-corrected chi connectivity index (χ1v) is 6.60. The topological polar surface area (TPSA) is 84.2 Å². The Balaban J connectivity index is 2.05. The molecule has 0 aliphatic carbocycles. The van der Waals surface area contributed by atoms with Crippen LogP contribution in [-0.4, -0.2) is 32.8 Å². The molecule has 1 amide bonds. The lowest BCUT2D eigenvalue weighted by molar-refractivity contribution is -0.137. The average Bonchev–Trinajstić information content (AvgIpc) is 2.84. The van der Waals surface area contributed by atoms with Gasteiger partial charge in [-0.3, -0.25) is 9.59 Å². The Morgan fingerprint density at radius 3 is 2.52 bits per heavy atom. The second-order valence-electron chi connectivity index (χ2n) is 4.98. The van der Waals surface area contributed by atoms with Gasteiger partial charge in [-0.05, 0) is 43.7 Å². The molecule has 0 radical (unpaired) electrons. The molecule has 1 unspecified atom stereocenters. The van der Waals surface area contributed by atoms with Crippen LogP contribution < -0.4 is 5.32 Å². The van der Waals surface area contributed by atoms with Crippen LogP contribution in [0.4, 0.5) is 0 Å². The molecular formula is C15H17N3O3. The van der Waals surface area contributed by atoms with Gasteiger partial charge in [0.2, 0.25) is 0 Å². The summed E-state index contributed by atoms with van der Waals surface area (Å²) in [4.78, 5) is 22.5. The predicted octanol–water partition coefficient (Wildman–Crippen LogP) is 1.77. The van der Waals surface area contributed by atoms with Crippen LogP contribution in [0.5, 0.6) is 0 Å². The van der Waals surface area contributed by atoms with Crippen molar-refractivity contribution in [3.63, 3.8) is 0 Å². The van der Waals surface area contributed by atoms with Crippen molar-refractivity contribution >= 4 is 11.9 Å². The Morgan fingerprint density at radius 2 is 2.00 bits per heavy atom. The van der Waals surface area contributed by atoms with Crippen LogP contribution in [0.2, 0.25) is 0 Å². The van der Waals surface area contributed by atoms with Gasteiger partial charge >= 0.3 is 5.97 Å². The number of carbonyl (C=O) groups is 2. The van der Waals surface area contributed by atoms with E-state index in [1.807, 2.05) is 13.1 Å². The molecule has 1 aromatic heterocycles. The Morgan fingerprint density at radius 1 is 1.33 bits per heavy atom. The Labute approximate surface area is 122 Å². The average molecular weight is 287 g/mol. The molecule has 110 valence electrons. The zero-order valence-corrected chi connectivity index (χ0v) is 11.9. The van der Waals surface area contributed by atoms with Crippen molar-refractivity contribution in [2.24, 2.45) is 0 Å². The Hall–Kier alpha value is -2.63. The molecule has 2 rings (SSSR count). The minimum Gasteiger partial charge on any atom is -0.481 e. The number of nitrogens with zero attached hydrogens (tertiary/aromatic N) is 2. The van der Waals surface area contributed by atoms with Crippen molar-refractivity contribution in [2.45, 2.75) is 26.3 Å². The van der Waals surface area contributed by atoms with Crippen LogP contribution in [0.15, 0.2) is 36.7 Å². The van der Waals surface area contributed by atoms with Gasteiger partial charge in [-0.25, -0.2) is 4.68 Å². The standard InChI is InChI=1S/C15H17N3O3/c1-10-8-16-18(9-10)13-5-3-12(4-6-13)15(21)17-11(2)7-14(19)20/h3-6,8-9,11H,7H2,1-2H3,(H,17,21)(H,19,20). The first-order chi connectivity index (χ1) is 9.95. The van der Waals surface area contributed by atoms with Crippen molar-refractivity contribution in [1.82, 2.24) is 15.1 Å². The third kappa shape index (κ3) is 3.92. The van der Waals surface area contributed by atoms with E-state index >= 15 is 0 Å². The fourth-order valence-corrected chi connectivity index (χ4v) is 1.94. The van der Waals surface area contributed by atoms with E-state index in [1.165, 1.54) is 0 Å². The molecule has 0 aliphatic rings. The van der Waals surface area contributed by atoms with Gasteiger partial charge in [0.1, 0.15) is 0 Å². The molecule has 1 atom stereocenters. The smallest absolute Gasteiger partial charge is 0.305 e. The molecule has 0 aliphatic heterocycles. The fourth-order valence-electron chi connectivity index (χ4n) is 1.94. The maximum Gasteiger partial charge on any atom is 0.305 e. The number of aromatic nitrogens is 2. The van der Waals surface area contributed by atoms with Gasteiger partial charge < -0.3 is 10.4 Å². The highest BCUT2D eigenvalue weighted by atomic mass is 16.4. The number of aryl methyl sites for hydroxylation is 1. The van der Waals surface area contributed by atoms with Crippen LogP contribution in [-0.2, 0) is 4.79 Å². The Bertz CT molecular complexity index is 646. The predicted molar refractivity (Wildman–Crippen MR) is 77.5 cm³/mol. The third-order valence-corrected chi connectivity index (χ3v) is 2.96. The van der Waals surface area contributed by atoms with E-state index in [0.29, 0.717) is 5.56 Å². The molecule has 0 saturated carbocycles. The quantitative estimate of drug-likeness (QED) is 0.877. The van der Waals surface area contributed by atoms with Gasteiger partial charge in [-0.1, -0.05) is 0 Å². The molecule has 6 heteroatoms. The van der Waals surface area contributed by atoms with Crippen LogP contribution >= 0.6 is 0 Å². The lowest BCUT2D eigenvalue weighted by atomic mass is 10.1. The summed E-state index contributed by atoms with van der Waals surface area (Å²) in [6.07, 6.45) is 3.55. The van der Waals surface area contributed by atoms with Crippen molar-refractivity contribution in [2.75, 3.05) is 0 Å². The lowest BCUT2D eigenvalue weighted by Crippen LogP contribution is -2.34. The fraction of sp³-hybridized carbons (Fsp3) is 0.267. The van der Waals surface area contributed by atoms with Crippen molar-refractivity contribution in [1.29, 1.82) is 0 Å². The van der Waals surface area contributed by atoms with E-state index in [9.17, 15) is 9.59 Å². The number of carboxylic acids is 1. The number of hydrogen-bond acceptors (Lipinski definition) is 3. The van der Waals surface area contributed by atoms with E-state index in [2.05, 4.69) is 10.4 Å². The number of hydrogen-bond donors (Lipinski definition) is 2. The minimum atomic E-state index is -0.938. The molecule has 2 aromatic rings. The highest BCUT2D eigenvalue weighted by Gasteiger charge is 2.12. The molecule has 21 heavy (non-hydrogen) atoms. The van der Waals surface area contributed by atoms with Crippen LogP contribution in [0.25, 0.3) is 5.69 Å². The summed E-state index contributed by atoms with van der Waals surface area (Å²) in [6, 6.07) is 6.56. The maximum absolute atomic E-state index is 12.0. The van der Waals surface area contributed by atoms with E-state index in [1.54, 1.807) is 42.1 Å². The number of amides is 1. The summed E-state index contributed by atoms with van der Waals surface area (Å²) in [5, 5.41) is 15.5. The molecule has 1 aromatic carbocycles. The zero-order valence-electron chi connectivity index (χ0n) is 11.9. The first kappa shape index (κ1) is 14.8. The summed E-state index contributed by atoms with van der Waals surface area (Å²) in [5.74, 6) is -1.22. The zero-order chi connectivity index (χ0) is 15.4. The van der Waals surface area contributed by atoms with Crippen molar-refractivity contribution in [3.8, 4) is 5.69 Å². The molecule has 1 heterocycles.